The number of amides is 1. The number of carbonyl (C=O) groups is 1. The minimum atomic E-state index is -0.402. The summed E-state index contributed by atoms with van der Waals surface area (Å²) in [6, 6.07) is 0. The van der Waals surface area contributed by atoms with Crippen molar-refractivity contribution in [2.24, 2.45) is 4.99 Å². The van der Waals surface area contributed by atoms with Crippen LogP contribution in [0, 0.1) is 0 Å². The van der Waals surface area contributed by atoms with Gasteiger partial charge in [0.15, 0.2) is 6.39 Å². The van der Waals surface area contributed by atoms with E-state index in [1.54, 1.807) is 24.6 Å². The Balaban J connectivity index is 2.76. The van der Waals surface area contributed by atoms with Crippen LogP contribution in [0.1, 0.15) is 40.4 Å². The molecule has 1 rings (SSSR count). The third-order valence-corrected chi connectivity index (χ3v) is 3.84. The molecular formula is C25H31N3O3. The first-order chi connectivity index (χ1) is 14.6. The fourth-order valence-corrected chi connectivity index (χ4v) is 2.13. The standard InChI is InChI=1S/C25H31N3O3/c1-9-23(31-18(4)5)13-11-20(7)25(29)28-21(8)27-14-22(17(2)3)12-10-19(6)24-15-26-16-30-24/h9-16,18H,2,7-8H2,1,3-6H3,(H,28,29)/b13-11-,19-10+,22-12-,23-9+,27-14-. The molecule has 1 aromatic heterocycles. The van der Waals surface area contributed by atoms with Gasteiger partial charge >= 0.3 is 0 Å². The second kappa shape index (κ2) is 12.8. The SMILES string of the molecule is C=C(\N=C/C(=C/C=C(\C)c1cnco1)C(=C)C)NC(=O)C(=C)/C=C\C(=C/C)OC(C)C. The quantitative estimate of drug-likeness (QED) is 0.216. The van der Waals surface area contributed by atoms with Crippen LogP contribution >= 0.6 is 0 Å². The maximum atomic E-state index is 12.3. The normalized spacial score (nSPS) is 13.2. The van der Waals surface area contributed by atoms with E-state index in [0.717, 1.165) is 16.7 Å². The van der Waals surface area contributed by atoms with Crippen molar-refractivity contribution in [1.29, 1.82) is 0 Å². The van der Waals surface area contributed by atoms with Gasteiger partial charge in [0.2, 0.25) is 0 Å². The van der Waals surface area contributed by atoms with Crippen LogP contribution < -0.4 is 5.32 Å². The molecule has 0 fully saturated rings. The molecule has 6 heteroatoms. The van der Waals surface area contributed by atoms with Gasteiger partial charge in [-0.25, -0.2) is 9.98 Å². The molecule has 164 valence electrons. The van der Waals surface area contributed by atoms with Gasteiger partial charge in [-0.05, 0) is 69.6 Å². The summed E-state index contributed by atoms with van der Waals surface area (Å²) in [7, 11) is 0. The van der Waals surface area contributed by atoms with E-state index < -0.39 is 5.91 Å². The number of hydrogen-bond donors (Lipinski definition) is 1. The molecule has 0 aromatic carbocycles. The van der Waals surface area contributed by atoms with Crippen molar-refractivity contribution < 1.29 is 13.9 Å². The van der Waals surface area contributed by atoms with Gasteiger partial charge in [-0.1, -0.05) is 31.9 Å². The molecule has 0 unspecified atom stereocenters. The third kappa shape index (κ3) is 9.58. The first-order valence-corrected chi connectivity index (χ1v) is 9.81. The summed E-state index contributed by atoms with van der Waals surface area (Å²) >= 11 is 0. The Kier molecular flexibility index (Phi) is 10.5. The van der Waals surface area contributed by atoms with Crippen molar-refractivity contribution in [3.63, 3.8) is 0 Å². The number of rotatable bonds is 11. The summed E-state index contributed by atoms with van der Waals surface area (Å²) < 4.78 is 10.9. The van der Waals surface area contributed by atoms with Crippen LogP contribution in [-0.2, 0) is 9.53 Å². The number of carbonyl (C=O) groups excluding carboxylic acids is 1. The minimum absolute atomic E-state index is 0.0389. The number of nitrogens with one attached hydrogen (secondary N) is 1. The summed E-state index contributed by atoms with van der Waals surface area (Å²) in [4.78, 5) is 20.4. The maximum Gasteiger partial charge on any atom is 0.256 e. The van der Waals surface area contributed by atoms with Crippen molar-refractivity contribution in [2.45, 2.75) is 40.7 Å². The van der Waals surface area contributed by atoms with Gasteiger partial charge in [-0.2, -0.15) is 0 Å². The molecule has 0 spiro atoms. The van der Waals surface area contributed by atoms with Gasteiger partial charge in [-0.3, -0.25) is 4.79 Å². The molecule has 0 aliphatic heterocycles. The van der Waals surface area contributed by atoms with Crippen molar-refractivity contribution in [3.05, 3.63) is 96.8 Å². The zero-order valence-electron chi connectivity index (χ0n) is 18.9. The first-order valence-electron chi connectivity index (χ1n) is 9.81. The van der Waals surface area contributed by atoms with Crippen LogP contribution in [0.2, 0.25) is 0 Å². The molecule has 0 bridgehead atoms. The first kappa shape index (κ1) is 25.4. The Labute approximate surface area is 184 Å². The molecule has 1 amide bonds. The second-order valence-electron chi connectivity index (χ2n) is 6.99. The van der Waals surface area contributed by atoms with Crippen molar-refractivity contribution in [3.8, 4) is 0 Å². The molecule has 6 nitrogen and oxygen atoms in total. The molecular weight excluding hydrogens is 390 g/mol. The zero-order valence-corrected chi connectivity index (χ0v) is 18.9. The Hall–Kier alpha value is -3.67. The van der Waals surface area contributed by atoms with E-state index in [9.17, 15) is 4.79 Å². The lowest BCUT2D eigenvalue weighted by atomic mass is 10.1. The van der Waals surface area contributed by atoms with Crippen molar-refractivity contribution in [1.82, 2.24) is 10.3 Å². The molecule has 0 radical (unpaired) electrons. The number of aliphatic imine (C=N–C) groups is 1. The van der Waals surface area contributed by atoms with E-state index >= 15 is 0 Å². The number of allylic oxidation sites excluding steroid dienone is 7. The highest BCUT2D eigenvalue weighted by molar-refractivity contribution is 5.97. The number of hydrogen-bond acceptors (Lipinski definition) is 5. The van der Waals surface area contributed by atoms with Gasteiger partial charge in [0, 0.05) is 11.8 Å². The van der Waals surface area contributed by atoms with Crippen molar-refractivity contribution >= 4 is 17.7 Å². The number of ether oxygens (including phenoxy) is 1. The van der Waals surface area contributed by atoms with E-state index in [2.05, 4.69) is 35.0 Å². The summed E-state index contributed by atoms with van der Waals surface area (Å²) in [5.41, 5.74) is 2.74. The Morgan fingerprint density at radius 2 is 1.94 bits per heavy atom. The lowest BCUT2D eigenvalue weighted by Gasteiger charge is -2.10. The fourth-order valence-electron chi connectivity index (χ4n) is 2.13. The molecule has 1 heterocycles. The average molecular weight is 422 g/mol. The third-order valence-electron chi connectivity index (χ3n) is 3.84. The molecule has 0 aliphatic carbocycles. The van der Waals surface area contributed by atoms with Crippen LogP contribution in [0.3, 0.4) is 0 Å². The summed E-state index contributed by atoms with van der Waals surface area (Å²) in [6.07, 6.45) is 13.5. The van der Waals surface area contributed by atoms with Crippen LogP contribution in [0.5, 0.6) is 0 Å². The molecule has 0 saturated carbocycles. The van der Waals surface area contributed by atoms with Gasteiger partial charge in [0.1, 0.15) is 17.3 Å². The lowest BCUT2D eigenvalue weighted by Crippen LogP contribution is -2.22. The van der Waals surface area contributed by atoms with E-state index in [0.29, 0.717) is 11.5 Å². The van der Waals surface area contributed by atoms with Crippen LogP contribution in [0.25, 0.3) is 5.57 Å². The van der Waals surface area contributed by atoms with Gasteiger partial charge in [0.25, 0.3) is 5.91 Å². The molecule has 31 heavy (non-hydrogen) atoms. The predicted octanol–water partition coefficient (Wildman–Crippen LogP) is 5.68. The van der Waals surface area contributed by atoms with E-state index in [-0.39, 0.29) is 17.5 Å². The molecule has 0 saturated heterocycles. The monoisotopic (exact) mass is 421 g/mol. The maximum absolute atomic E-state index is 12.3. The predicted molar refractivity (Wildman–Crippen MR) is 127 cm³/mol. The lowest BCUT2D eigenvalue weighted by molar-refractivity contribution is -0.116. The topological polar surface area (TPSA) is 76.7 Å². The smallest absolute Gasteiger partial charge is 0.256 e. The van der Waals surface area contributed by atoms with Gasteiger partial charge < -0.3 is 14.5 Å². The number of nitrogens with zero attached hydrogens (tertiary/aromatic N) is 2. The molecule has 0 atom stereocenters. The Bertz CT molecular complexity index is 956. The number of aromatic nitrogens is 1. The number of oxazole rings is 1. The average Bonchev–Trinajstić information content (AvgIpc) is 3.24. The summed E-state index contributed by atoms with van der Waals surface area (Å²) in [5.74, 6) is 1.12. The zero-order chi connectivity index (χ0) is 23.4. The molecule has 0 aliphatic rings. The Morgan fingerprint density at radius 1 is 1.23 bits per heavy atom. The summed E-state index contributed by atoms with van der Waals surface area (Å²) in [6.45, 7) is 21.0. The highest BCUT2D eigenvalue weighted by Crippen LogP contribution is 2.14. The highest BCUT2D eigenvalue weighted by atomic mass is 16.5. The van der Waals surface area contributed by atoms with Gasteiger partial charge in [-0.15, -0.1) is 0 Å². The van der Waals surface area contributed by atoms with E-state index in [4.69, 9.17) is 9.15 Å². The van der Waals surface area contributed by atoms with E-state index in [1.807, 2.05) is 52.8 Å². The fraction of sp³-hybridized carbons (Fsp3) is 0.240. The molecule has 1 N–H and O–H groups in total. The van der Waals surface area contributed by atoms with Crippen LogP contribution in [0.15, 0.2) is 100 Å². The summed E-state index contributed by atoms with van der Waals surface area (Å²) in [5, 5.41) is 2.61. The highest BCUT2D eigenvalue weighted by Gasteiger charge is 2.06. The van der Waals surface area contributed by atoms with Crippen molar-refractivity contribution in [2.75, 3.05) is 0 Å². The van der Waals surface area contributed by atoms with Crippen LogP contribution in [-0.4, -0.2) is 23.2 Å². The second-order valence-corrected chi connectivity index (χ2v) is 6.99. The Morgan fingerprint density at radius 3 is 2.48 bits per heavy atom. The molecule has 1 aromatic rings. The van der Waals surface area contributed by atoms with E-state index in [1.165, 1.54) is 6.39 Å². The minimum Gasteiger partial charge on any atom is -0.491 e. The van der Waals surface area contributed by atoms with Crippen LogP contribution in [0.4, 0.5) is 0 Å². The van der Waals surface area contributed by atoms with Gasteiger partial charge in [0.05, 0.1) is 12.3 Å². The largest absolute Gasteiger partial charge is 0.491 e.